The van der Waals surface area contributed by atoms with Crippen LogP contribution in [-0.4, -0.2) is 50.6 Å². The fourth-order valence-corrected chi connectivity index (χ4v) is 3.93. The molecule has 1 fully saturated rings. The van der Waals surface area contributed by atoms with E-state index in [9.17, 15) is 0 Å². The maximum Gasteiger partial charge on any atom is 0.232 e. The minimum atomic E-state index is -0.116. The summed E-state index contributed by atoms with van der Waals surface area (Å²) in [5, 5.41) is 5.16. The number of rotatable bonds is 4. The highest BCUT2D eigenvalue weighted by Crippen LogP contribution is 2.25. The largest absolute Gasteiger partial charge is 0.346 e. The molecule has 0 saturated carbocycles. The van der Waals surface area contributed by atoms with Crippen LogP contribution in [0.15, 0.2) is 34.9 Å². The summed E-state index contributed by atoms with van der Waals surface area (Å²) < 4.78 is 9.97. The molecular formula is C20H26N6OS. The van der Waals surface area contributed by atoms with Crippen molar-refractivity contribution in [2.45, 2.75) is 39.2 Å². The second-order valence-electron chi connectivity index (χ2n) is 8.15. The van der Waals surface area contributed by atoms with Gasteiger partial charge < -0.3 is 9.42 Å². The monoisotopic (exact) mass is 398 g/mol. The van der Waals surface area contributed by atoms with Crippen LogP contribution in [-0.2, 0) is 12.0 Å². The van der Waals surface area contributed by atoms with Crippen LogP contribution in [0.3, 0.4) is 0 Å². The van der Waals surface area contributed by atoms with Crippen LogP contribution in [0.2, 0.25) is 0 Å². The Bertz CT molecular complexity index is 901. The molecule has 0 N–H and O–H groups in total. The average molecular weight is 399 g/mol. The van der Waals surface area contributed by atoms with Gasteiger partial charge in [0.15, 0.2) is 11.6 Å². The zero-order valence-electron chi connectivity index (χ0n) is 16.6. The lowest BCUT2D eigenvalue weighted by Crippen LogP contribution is -2.30. The third kappa shape index (κ3) is 4.39. The van der Waals surface area contributed by atoms with E-state index in [1.807, 2.05) is 30.3 Å². The van der Waals surface area contributed by atoms with Crippen LogP contribution in [0.4, 0.5) is 5.13 Å². The van der Waals surface area contributed by atoms with Crippen molar-refractivity contribution in [2.24, 2.45) is 0 Å². The zero-order valence-corrected chi connectivity index (χ0v) is 17.4. The normalized spacial score (nSPS) is 16.3. The molecule has 8 heteroatoms. The number of benzene rings is 1. The van der Waals surface area contributed by atoms with E-state index in [0.29, 0.717) is 5.89 Å². The first kappa shape index (κ1) is 19.0. The molecule has 0 unspecified atom stereocenters. The van der Waals surface area contributed by atoms with Crippen LogP contribution in [0, 0.1) is 0 Å². The van der Waals surface area contributed by atoms with Crippen LogP contribution in [0.1, 0.15) is 38.9 Å². The molecule has 0 bridgehead atoms. The van der Waals surface area contributed by atoms with E-state index in [1.54, 1.807) is 0 Å². The fourth-order valence-electron chi connectivity index (χ4n) is 3.19. The third-order valence-corrected chi connectivity index (χ3v) is 5.56. The molecule has 1 aliphatic heterocycles. The molecule has 0 amide bonds. The smallest absolute Gasteiger partial charge is 0.232 e. The molecule has 0 radical (unpaired) electrons. The molecule has 0 atom stereocenters. The highest BCUT2D eigenvalue weighted by atomic mass is 32.1. The summed E-state index contributed by atoms with van der Waals surface area (Å²) in [5.74, 6) is 2.27. The molecule has 2 aromatic heterocycles. The predicted octanol–water partition coefficient (Wildman–Crippen LogP) is 3.60. The summed E-state index contributed by atoms with van der Waals surface area (Å²) in [4.78, 5) is 14.0. The molecule has 7 nitrogen and oxygen atoms in total. The van der Waals surface area contributed by atoms with Crippen molar-refractivity contribution in [3.63, 3.8) is 0 Å². The minimum Gasteiger partial charge on any atom is -0.346 e. The van der Waals surface area contributed by atoms with Crippen LogP contribution in [0.25, 0.3) is 11.4 Å². The maximum absolute atomic E-state index is 5.42. The SMILES string of the molecule is CC(C)(C)c1nc(CN2CCCN(c3nc(-c4ccccc4)ns3)CC2)no1. The van der Waals surface area contributed by atoms with E-state index >= 15 is 0 Å². The highest BCUT2D eigenvalue weighted by molar-refractivity contribution is 7.09. The van der Waals surface area contributed by atoms with Crippen molar-refractivity contribution in [2.75, 3.05) is 31.1 Å². The van der Waals surface area contributed by atoms with E-state index < -0.39 is 0 Å². The second-order valence-corrected chi connectivity index (χ2v) is 8.88. The molecular weight excluding hydrogens is 372 g/mol. The molecule has 3 heterocycles. The lowest BCUT2D eigenvalue weighted by atomic mass is 9.97. The first-order valence-electron chi connectivity index (χ1n) is 9.68. The van der Waals surface area contributed by atoms with E-state index in [2.05, 4.69) is 45.1 Å². The Balaban J connectivity index is 1.38. The number of hydrogen-bond donors (Lipinski definition) is 0. The molecule has 4 rings (SSSR count). The van der Waals surface area contributed by atoms with Crippen molar-refractivity contribution >= 4 is 16.7 Å². The lowest BCUT2D eigenvalue weighted by molar-refractivity contribution is 0.269. The van der Waals surface area contributed by atoms with Gasteiger partial charge in [0, 0.05) is 48.7 Å². The van der Waals surface area contributed by atoms with E-state index in [-0.39, 0.29) is 5.41 Å². The van der Waals surface area contributed by atoms with Crippen LogP contribution < -0.4 is 4.90 Å². The molecule has 1 aromatic carbocycles. The molecule has 28 heavy (non-hydrogen) atoms. The molecule has 0 aliphatic carbocycles. The summed E-state index contributed by atoms with van der Waals surface area (Å²) in [6.07, 6.45) is 1.07. The number of aromatic nitrogens is 4. The molecule has 1 aliphatic rings. The van der Waals surface area contributed by atoms with Crippen molar-refractivity contribution in [1.82, 2.24) is 24.4 Å². The molecule has 148 valence electrons. The van der Waals surface area contributed by atoms with Crippen LogP contribution in [0.5, 0.6) is 0 Å². The van der Waals surface area contributed by atoms with Gasteiger partial charge in [-0.2, -0.15) is 14.3 Å². The van der Waals surface area contributed by atoms with Gasteiger partial charge in [0.25, 0.3) is 0 Å². The summed E-state index contributed by atoms with van der Waals surface area (Å²) in [6, 6.07) is 10.1. The Morgan fingerprint density at radius 3 is 2.61 bits per heavy atom. The molecule has 0 spiro atoms. The Morgan fingerprint density at radius 1 is 1.04 bits per heavy atom. The zero-order chi connectivity index (χ0) is 19.6. The fraction of sp³-hybridized carbons (Fsp3) is 0.500. The van der Waals surface area contributed by atoms with E-state index in [0.717, 1.165) is 61.5 Å². The topological polar surface area (TPSA) is 71.2 Å². The first-order chi connectivity index (χ1) is 13.5. The van der Waals surface area contributed by atoms with Crippen molar-refractivity contribution in [1.29, 1.82) is 0 Å². The van der Waals surface area contributed by atoms with Gasteiger partial charge >= 0.3 is 0 Å². The van der Waals surface area contributed by atoms with E-state index in [4.69, 9.17) is 9.51 Å². The lowest BCUT2D eigenvalue weighted by Gasteiger charge is -2.20. The number of anilines is 1. The summed E-state index contributed by atoms with van der Waals surface area (Å²) in [7, 11) is 0. The van der Waals surface area contributed by atoms with Gasteiger partial charge in [0.1, 0.15) is 0 Å². The third-order valence-electron chi connectivity index (χ3n) is 4.78. The van der Waals surface area contributed by atoms with Crippen molar-refractivity contribution in [3.05, 3.63) is 42.0 Å². The molecule has 3 aromatic rings. The van der Waals surface area contributed by atoms with Gasteiger partial charge in [-0.15, -0.1) is 0 Å². The summed E-state index contributed by atoms with van der Waals surface area (Å²) >= 11 is 1.48. The average Bonchev–Trinajstić information content (AvgIpc) is 3.29. The van der Waals surface area contributed by atoms with Crippen molar-refractivity contribution in [3.8, 4) is 11.4 Å². The number of hydrogen-bond acceptors (Lipinski definition) is 8. The highest BCUT2D eigenvalue weighted by Gasteiger charge is 2.24. The van der Waals surface area contributed by atoms with Gasteiger partial charge in [0.2, 0.25) is 11.0 Å². The van der Waals surface area contributed by atoms with Crippen LogP contribution >= 0.6 is 11.5 Å². The Hall–Kier alpha value is -2.32. The Labute approximate surface area is 169 Å². The Morgan fingerprint density at radius 2 is 1.86 bits per heavy atom. The molecule has 1 saturated heterocycles. The maximum atomic E-state index is 5.42. The summed E-state index contributed by atoms with van der Waals surface area (Å²) in [5.41, 5.74) is 0.947. The quantitative estimate of drug-likeness (QED) is 0.665. The minimum absolute atomic E-state index is 0.116. The standard InChI is InChI=1S/C20H26N6OS/c1-20(2,3)18-21-16(23-27-18)14-25-10-7-11-26(13-12-25)19-22-17(24-28-19)15-8-5-4-6-9-15/h4-6,8-9H,7,10-14H2,1-3H3. The second kappa shape index (κ2) is 7.97. The van der Waals surface area contributed by atoms with Gasteiger partial charge in [-0.1, -0.05) is 56.3 Å². The van der Waals surface area contributed by atoms with Gasteiger partial charge in [-0.3, -0.25) is 4.90 Å². The Kier molecular flexibility index (Phi) is 5.41. The van der Waals surface area contributed by atoms with Gasteiger partial charge in [0.05, 0.1) is 6.54 Å². The van der Waals surface area contributed by atoms with Crippen molar-refractivity contribution < 1.29 is 4.52 Å². The number of nitrogens with zero attached hydrogens (tertiary/aromatic N) is 6. The predicted molar refractivity (Wildman–Crippen MR) is 110 cm³/mol. The van der Waals surface area contributed by atoms with Gasteiger partial charge in [-0.05, 0) is 6.42 Å². The summed E-state index contributed by atoms with van der Waals surface area (Å²) in [6.45, 7) is 10.8. The van der Waals surface area contributed by atoms with Gasteiger partial charge in [-0.25, -0.2) is 0 Å². The first-order valence-corrected chi connectivity index (χ1v) is 10.5. The van der Waals surface area contributed by atoms with E-state index in [1.165, 1.54) is 11.5 Å².